The molecule has 0 radical (unpaired) electrons. The summed E-state index contributed by atoms with van der Waals surface area (Å²) in [5.41, 5.74) is 2.29. The predicted octanol–water partition coefficient (Wildman–Crippen LogP) is 1.90. The number of imidazole rings is 1. The van der Waals surface area contributed by atoms with Crippen molar-refractivity contribution in [3.63, 3.8) is 0 Å². The van der Waals surface area contributed by atoms with E-state index in [0.29, 0.717) is 5.56 Å². The van der Waals surface area contributed by atoms with Crippen LogP contribution in [0.1, 0.15) is 24.2 Å². The molecule has 0 amide bonds. The highest BCUT2D eigenvalue weighted by molar-refractivity contribution is 5.85. The van der Waals surface area contributed by atoms with Crippen LogP contribution in [-0.2, 0) is 4.74 Å². The quantitative estimate of drug-likeness (QED) is 0.873. The number of nitrogens with one attached hydrogen (secondary N) is 1. The van der Waals surface area contributed by atoms with E-state index < -0.39 is 0 Å². The van der Waals surface area contributed by atoms with E-state index in [-0.39, 0.29) is 12.2 Å². The first-order valence-electron chi connectivity index (χ1n) is 7.01. The lowest BCUT2D eigenvalue weighted by Gasteiger charge is -2.36. The molecule has 3 heterocycles. The van der Waals surface area contributed by atoms with Crippen LogP contribution in [0.2, 0.25) is 0 Å². The molecule has 1 saturated heterocycles. The Bertz CT molecular complexity index is 617. The van der Waals surface area contributed by atoms with Gasteiger partial charge in [0.05, 0.1) is 36.0 Å². The second kappa shape index (κ2) is 5.65. The highest BCUT2D eigenvalue weighted by Gasteiger charge is 2.25. The Morgan fingerprint density at radius 2 is 2.10 bits per heavy atom. The molecule has 2 atom stereocenters. The minimum atomic E-state index is 0.127. The van der Waals surface area contributed by atoms with Crippen molar-refractivity contribution in [1.82, 2.24) is 15.0 Å². The third-order valence-electron chi connectivity index (χ3n) is 3.55. The standard InChI is InChI=1S/C15H18N4O2/c1-10-6-19(7-11(2)21-10)15-13(8-20)3-12(4-17-15)14-5-16-9-18-14/h3-5,8-11H,6-7H2,1-2H3,(H,16,18)/t10-,11+. The van der Waals surface area contributed by atoms with Crippen LogP contribution >= 0.6 is 0 Å². The Balaban J connectivity index is 1.94. The maximum atomic E-state index is 11.4. The van der Waals surface area contributed by atoms with E-state index in [4.69, 9.17) is 4.74 Å². The molecule has 6 nitrogen and oxygen atoms in total. The van der Waals surface area contributed by atoms with Gasteiger partial charge in [0.15, 0.2) is 6.29 Å². The number of anilines is 1. The van der Waals surface area contributed by atoms with Crippen molar-refractivity contribution in [3.8, 4) is 11.3 Å². The fraction of sp³-hybridized carbons (Fsp3) is 0.400. The second-order valence-corrected chi connectivity index (χ2v) is 5.38. The predicted molar refractivity (Wildman–Crippen MR) is 79.4 cm³/mol. The van der Waals surface area contributed by atoms with Gasteiger partial charge in [0.1, 0.15) is 5.82 Å². The Labute approximate surface area is 123 Å². The number of pyridine rings is 1. The number of rotatable bonds is 3. The smallest absolute Gasteiger partial charge is 0.153 e. The zero-order valence-electron chi connectivity index (χ0n) is 12.1. The summed E-state index contributed by atoms with van der Waals surface area (Å²) in [4.78, 5) is 25.0. The van der Waals surface area contributed by atoms with Crippen LogP contribution in [0, 0.1) is 0 Å². The van der Waals surface area contributed by atoms with E-state index >= 15 is 0 Å². The van der Waals surface area contributed by atoms with Gasteiger partial charge in [0.25, 0.3) is 0 Å². The summed E-state index contributed by atoms with van der Waals surface area (Å²) in [6.07, 6.45) is 6.19. The minimum absolute atomic E-state index is 0.127. The van der Waals surface area contributed by atoms with Crippen LogP contribution in [0.4, 0.5) is 5.82 Å². The molecule has 0 saturated carbocycles. The number of hydrogen-bond acceptors (Lipinski definition) is 5. The molecule has 2 aromatic rings. The number of aromatic nitrogens is 3. The molecule has 0 unspecified atom stereocenters. The summed E-state index contributed by atoms with van der Waals surface area (Å²) in [6.45, 7) is 5.54. The molecule has 1 aliphatic rings. The molecule has 1 fully saturated rings. The number of carbonyl (C=O) groups is 1. The largest absolute Gasteiger partial charge is 0.372 e. The Kier molecular flexibility index (Phi) is 3.70. The van der Waals surface area contributed by atoms with Crippen LogP contribution in [0.15, 0.2) is 24.8 Å². The van der Waals surface area contributed by atoms with Crippen molar-refractivity contribution in [2.45, 2.75) is 26.1 Å². The van der Waals surface area contributed by atoms with Crippen molar-refractivity contribution in [3.05, 3.63) is 30.4 Å². The number of aromatic amines is 1. The summed E-state index contributed by atoms with van der Waals surface area (Å²) in [5.74, 6) is 0.718. The van der Waals surface area contributed by atoms with Crippen LogP contribution in [0.3, 0.4) is 0 Å². The van der Waals surface area contributed by atoms with Gasteiger partial charge in [0.2, 0.25) is 0 Å². The highest BCUT2D eigenvalue weighted by atomic mass is 16.5. The van der Waals surface area contributed by atoms with Crippen LogP contribution in [0.5, 0.6) is 0 Å². The van der Waals surface area contributed by atoms with Crippen molar-refractivity contribution < 1.29 is 9.53 Å². The van der Waals surface area contributed by atoms with Crippen LogP contribution in [-0.4, -0.2) is 46.5 Å². The Morgan fingerprint density at radius 1 is 1.33 bits per heavy atom. The molecule has 110 valence electrons. The normalized spacial score (nSPS) is 22.3. The van der Waals surface area contributed by atoms with Gasteiger partial charge < -0.3 is 14.6 Å². The highest BCUT2D eigenvalue weighted by Crippen LogP contribution is 2.25. The molecule has 21 heavy (non-hydrogen) atoms. The fourth-order valence-electron chi connectivity index (χ4n) is 2.74. The Morgan fingerprint density at radius 3 is 2.71 bits per heavy atom. The SMILES string of the molecule is C[C@@H]1CN(c2ncc(-c3cnc[nH]3)cc2C=O)C[C@H](C)O1. The van der Waals surface area contributed by atoms with Gasteiger partial charge in [-0.15, -0.1) is 0 Å². The summed E-state index contributed by atoms with van der Waals surface area (Å²) < 4.78 is 5.72. The third kappa shape index (κ3) is 2.80. The van der Waals surface area contributed by atoms with Gasteiger partial charge in [-0.3, -0.25) is 4.79 Å². The summed E-state index contributed by atoms with van der Waals surface area (Å²) in [5, 5.41) is 0. The first kappa shape index (κ1) is 13.8. The number of ether oxygens (including phenoxy) is 1. The average Bonchev–Trinajstić information content (AvgIpc) is 2.99. The second-order valence-electron chi connectivity index (χ2n) is 5.38. The lowest BCUT2D eigenvalue weighted by molar-refractivity contribution is -0.00549. The van der Waals surface area contributed by atoms with Crippen LogP contribution in [0.25, 0.3) is 11.3 Å². The van der Waals surface area contributed by atoms with Gasteiger partial charge in [-0.05, 0) is 19.9 Å². The number of morpholine rings is 1. The topological polar surface area (TPSA) is 71.1 Å². The summed E-state index contributed by atoms with van der Waals surface area (Å²) in [6, 6.07) is 1.84. The zero-order chi connectivity index (χ0) is 14.8. The van der Waals surface area contributed by atoms with Crippen molar-refractivity contribution in [2.75, 3.05) is 18.0 Å². The van der Waals surface area contributed by atoms with E-state index in [1.165, 1.54) is 0 Å². The minimum Gasteiger partial charge on any atom is -0.372 e. The lowest BCUT2D eigenvalue weighted by atomic mass is 10.1. The number of aldehydes is 1. The molecular weight excluding hydrogens is 268 g/mol. The fourth-order valence-corrected chi connectivity index (χ4v) is 2.74. The molecule has 0 bridgehead atoms. The number of H-pyrrole nitrogens is 1. The molecule has 0 aromatic carbocycles. The zero-order valence-corrected chi connectivity index (χ0v) is 12.1. The van der Waals surface area contributed by atoms with Gasteiger partial charge in [-0.2, -0.15) is 0 Å². The van der Waals surface area contributed by atoms with Crippen molar-refractivity contribution >= 4 is 12.1 Å². The van der Waals surface area contributed by atoms with Gasteiger partial charge in [-0.1, -0.05) is 0 Å². The van der Waals surface area contributed by atoms with Crippen molar-refractivity contribution in [2.24, 2.45) is 0 Å². The number of carbonyl (C=O) groups excluding carboxylic acids is 1. The Hall–Kier alpha value is -2.21. The maximum Gasteiger partial charge on any atom is 0.153 e. The number of hydrogen-bond donors (Lipinski definition) is 1. The van der Waals surface area contributed by atoms with Gasteiger partial charge in [-0.25, -0.2) is 9.97 Å². The first-order chi connectivity index (χ1) is 10.2. The summed E-state index contributed by atoms with van der Waals surface area (Å²) >= 11 is 0. The summed E-state index contributed by atoms with van der Waals surface area (Å²) in [7, 11) is 0. The molecule has 1 N–H and O–H groups in total. The molecule has 0 spiro atoms. The van der Waals surface area contributed by atoms with Gasteiger partial charge >= 0.3 is 0 Å². The van der Waals surface area contributed by atoms with Crippen LogP contribution < -0.4 is 4.90 Å². The van der Waals surface area contributed by atoms with E-state index in [1.54, 1.807) is 18.7 Å². The molecule has 6 heteroatoms. The molecule has 1 aliphatic heterocycles. The maximum absolute atomic E-state index is 11.4. The van der Waals surface area contributed by atoms with E-state index in [0.717, 1.165) is 36.5 Å². The molecular formula is C15H18N4O2. The lowest BCUT2D eigenvalue weighted by Crippen LogP contribution is -2.46. The van der Waals surface area contributed by atoms with Crippen molar-refractivity contribution in [1.29, 1.82) is 0 Å². The number of nitrogens with zero attached hydrogens (tertiary/aromatic N) is 3. The average molecular weight is 286 g/mol. The first-order valence-corrected chi connectivity index (χ1v) is 7.01. The molecule has 3 rings (SSSR count). The van der Waals surface area contributed by atoms with E-state index in [1.807, 2.05) is 19.9 Å². The molecule has 0 aliphatic carbocycles. The van der Waals surface area contributed by atoms with Gasteiger partial charge in [0, 0.05) is 24.8 Å². The monoisotopic (exact) mass is 286 g/mol. The van der Waals surface area contributed by atoms with E-state index in [9.17, 15) is 4.79 Å². The molecule has 2 aromatic heterocycles. The van der Waals surface area contributed by atoms with E-state index in [2.05, 4.69) is 19.9 Å². The third-order valence-corrected chi connectivity index (χ3v) is 3.55.